The molecule has 8 nitrogen and oxygen atoms in total. The summed E-state index contributed by atoms with van der Waals surface area (Å²) in [5.74, 6) is -1.18. The second kappa shape index (κ2) is 7.96. The average Bonchev–Trinajstić information content (AvgIpc) is 2.52. The van der Waals surface area contributed by atoms with Gasteiger partial charge in [-0.3, -0.25) is 10.1 Å². The molecule has 0 aromatic heterocycles. The normalized spacial score (nSPS) is 11.4. The van der Waals surface area contributed by atoms with Crippen molar-refractivity contribution >= 4 is 23.3 Å². The lowest BCUT2D eigenvalue weighted by Crippen LogP contribution is -2.30. The fourth-order valence-electron chi connectivity index (χ4n) is 1.92. The van der Waals surface area contributed by atoms with E-state index in [-0.39, 0.29) is 16.9 Å². The SMILES string of the molecule is CCCC(Nc1ccc(C(=O)OC)cc1[N+](=O)[O-])C(=O)OC. The largest absolute Gasteiger partial charge is 0.467 e. The Bertz CT molecular complexity index is 572. The number of hydrogen-bond acceptors (Lipinski definition) is 7. The van der Waals surface area contributed by atoms with Crippen LogP contribution in [0.2, 0.25) is 0 Å². The van der Waals surface area contributed by atoms with E-state index in [4.69, 9.17) is 0 Å². The molecule has 0 saturated heterocycles. The van der Waals surface area contributed by atoms with E-state index in [0.29, 0.717) is 12.8 Å². The maximum Gasteiger partial charge on any atom is 0.338 e. The van der Waals surface area contributed by atoms with Gasteiger partial charge in [-0.1, -0.05) is 13.3 Å². The smallest absolute Gasteiger partial charge is 0.338 e. The zero-order chi connectivity index (χ0) is 16.7. The summed E-state index contributed by atoms with van der Waals surface area (Å²) >= 11 is 0. The molecule has 22 heavy (non-hydrogen) atoms. The molecule has 1 atom stereocenters. The van der Waals surface area contributed by atoms with Crippen molar-refractivity contribution in [2.45, 2.75) is 25.8 Å². The van der Waals surface area contributed by atoms with Crippen LogP contribution in [0.15, 0.2) is 18.2 Å². The van der Waals surface area contributed by atoms with Crippen molar-refractivity contribution in [3.8, 4) is 0 Å². The highest BCUT2D eigenvalue weighted by atomic mass is 16.6. The number of nitrogens with one attached hydrogen (secondary N) is 1. The second-order valence-electron chi connectivity index (χ2n) is 4.49. The molecule has 0 aliphatic heterocycles. The monoisotopic (exact) mass is 310 g/mol. The molecule has 0 heterocycles. The van der Waals surface area contributed by atoms with E-state index in [2.05, 4.69) is 14.8 Å². The Balaban J connectivity index is 3.14. The predicted molar refractivity (Wildman–Crippen MR) is 78.8 cm³/mol. The molecule has 0 bridgehead atoms. The van der Waals surface area contributed by atoms with Crippen molar-refractivity contribution in [1.29, 1.82) is 0 Å². The molecule has 8 heteroatoms. The van der Waals surface area contributed by atoms with Gasteiger partial charge in [-0.25, -0.2) is 9.59 Å². The van der Waals surface area contributed by atoms with Crippen molar-refractivity contribution in [1.82, 2.24) is 0 Å². The number of rotatable bonds is 7. The van der Waals surface area contributed by atoms with E-state index >= 15 is 0 Å². The highest BCUT2D eigenvalue weighted by Crippen LogP contribution is 2.27. The molecule has 0 radical (unpaired) electrons. The Hall–Kier alpha value is -2.64. The van der Waals surface area contributed by atoms with Gasteiger partial charge in [-0.15, -0.1) is 0 Å². The molecular formula is C14H18N2O6. The van der Waals surface area contributed by atoms with Gasteiger partial charge in [0.15, 0.2) is 0 Å². The summed E-state index contributed by atoms with van der Waals surface area (Å²) < 4.78 is 9.20. The Morgan fingerprint density at radius 3 is 2.50 bits per heavy atom. The number of anilines is 1. The molecule has 1 unspecified atom stereocenters. The molecule has 1 N–H and O–H groups in total. The lowest BCUT2D eigenvalue weighted by Gasteiger charge is -2.17. The standard InChI is InChI=1S/C14H18N2O6/c1-4-5-11(14(18)22-3)15-10-7-6-9(13(17)21-2)8-12(10)16(19)20/h6-8,11,15H,4-5H2,1-3H3. The van der Waals surface area contributed by atoms with Crippen LogP contribution in [0.5, 0.6) is 0 Å². The third-order valence-corrected chi connectivity index (χ3v) is 3.01. The van der Waals surface area contributed by atoms with E-state index < -0.39 is 22.9 Å². The summed E-state index contributed by atoms with van der Waals surface area (Å²) in [4.78, 5) is 33.7. The fourth-order valence-corrected chi connectivity index (χ4v) is 1.92. The summed E-state index contributed by atoms with van der Waals surface area (Å²) in [6.45, 7) is 1.88. The third kappa shape index (κ3) is 4.18. The minimum atomic E-state index is -0.697. The minimum Gasteiger partial charge on any atom is -0.467 e. The van der Waals surface area contributed by atoms with Crippen molar-refractivity contribution in [3.63, 3.8) is 0 Å². The minimum absolute atomic E-state index is 0.0601. The number of methoxy groups -OCH3 is 2. The molecule has 1 aromatic rings. The number of nitrogens with zero attached hydrogens (tertiary/aromatic N) is 1. The van der Waals surface area contributed by atoms with Gasteiger partial charge < -0.3 is 14.8 Å². The molecule has 0 aliphatic rings. The number of carbonyl (C=O) groups is 2. The van der Waals surface area contributed by atoms with Gasteiger partial charge in [-0.2, -0.15) is 0 Å². The predicted octanol–water partition coefficient (Wildman–Crippen LogP) is 2.13. The molecule has 0 aliphatic carbocycles. The van der Waals surface area contributed by atoms with Crippen LogP contribution in [0.4, 0.5) is 11.4 Å². The third-order valence-electron chi connectivity index (χ3n) is 3.01. The van der Waals surface area contributed by atoms with Crippen LogP contribution in [-0.4, -0.2) is 37.1 Å². The van der Waals surface area contributed by atoms with Crippen molar-refractivity contribution in [3.05, 3.63) is 33.9 Å². The Kier molecular flexibility index (Phi) is 6.30. The van der Waals surface area contributed by atoms with E-state index in [0.717, 1.165) is 6.07 Å². The number of ether oxygens (including phenoxy) is 2. The molecule has 0 fully saturated rings. The highest BCUT2D eigenvalue weighted by molar-refractivity contribution is 5.91. The first kappa shape index (κ1) is 17.4. The van der Waals surface area contributed by atoms with Gasteiger partial charge in [0.2, 0.25) is 0 Å². The van der Waals surface area contributed by atoms with Gasteiger partial charge >= 0.3 is 11.9 Å². The van der Waals surface area contributed by atoms with Gasteiger partial charge in [0.05, 0.1) is 24.7 Å². The van der Waals surface area contributed by atoms with Crippen LogP contribution >= 0.6 is 0 Å². The van der Waals surface area contributed by atoms with Crippen molar-refractivity contribution < 1.29 is 24.0 Å². The van der Waals surface area contributed by atoms with Crippen LogP contribution in [0.25, 0.3) is 0 Å². The molecule has 0 spiro atoms. The second-order valence-corrected chi connectivity index (χ2v) is 4.49. The summed E-state index contributed by atoms with van der Waals surface area (Å²) in [6.07, 6.45) is 1.16. The van der Waals surface area contributed by atoms with Gasteiger partial charge in [0, 0.05) is 6.07 Å². The number of nitro benzene ring substituents is 1. The Labute approximate surface area is 127 Å². The zero-order valence-corrected chi connectivity index (χ0v) is 12.6. The summed E-state index contributed by atoms with van der Waals surface area (Å²) in [5.41, 5.74) is -0.112. The number of nitro groups is 1. The Morgan fingerprint density at radius 2 is 2.00 bits per heavy atom. The average molecular weight is 310 g/mol. The quantitative estimate of drug-likeness (QED) is 0.467. The van der Waals surface area contributed by atoms with Crippen LogP contribution < -0.4 is 5.32 Å². The van der Waals surface area contributed by atoms with Crippen molar-refractivity contribution in [2.75, 3.05) is 19.5 Å². The summed E-state index contributed by atoms with van der Waals surface area (Å²) in [6, 6.07) is 3.17. The highest BCUT2D eigenvalue weighted by Gasteiger charge is 2.23. The van der Waals surface area contributed by atoms with Crippen molar-refractivity contribution in [2.24, 2.45) is 0 Å². The van der Waals surface area contributed by atoms with E-state index in [1.807, 2.05) is 6.92 Å². The molecule has 1 rings (SSSR count). The van der Waals surface area contributed by atoms with Gasteiger partial charge in [-0.05, 0) is 18.6 Å². The number of benzene rings is 1. The van der Waals surface area contributed by atoms with Crippen LogP contribution in [0, 0.1) is 10.1 Å². The van der Waals surface area contributed by atoms with Crippen LogP contribution in [0.1, 0.15) is 30.1 Å². The maximum absolute atomic E-state index is 11.7. The molecule has 0 amide bonds. The van der Waals surface area contributed by atoms with E-state index in [1.54, 1.807) is 0 Å². The number of esters is 2. The zero-order valence-electron chi connectivity index (χ0n) is 12.6. The lowest BCUT2D eigenvalue weighted by molar-refractivity contribution is -0.384. The van der Waals surface area contributed by atoms with E-state index in [9.17, 15) is 19.7 Å². The van der Waals surface area contributed by atoms with Gasteiger partial charge in [0.1, 0.15) is 11.7 Å². The fraction of sp³-hybridized carbons (Fsp3) is 0.429. The van der Waals surface area contributed by atoms with Crippen LogP contribution in [-0.2, 0) is 14.3 Å². The first-order valence-corrected chi connectivity index (χ1v) is 6.65. The first-order chi connectivity index (χ1) is 10.4. The van der Waals surface area contributed by atoms with Gasteiger partial charge in [0.25, 0.3) is 5.69 Å². The number of hydrogen-bond donors (Lipinski definition) is 1. The molecule has 120 valence electrons. The Morgan fingerprint density at radius 1 is 1.32 bits per heavy atom. The molecule has 0 saturated carbocycles. The first-order valence-electron chi connectivity index (χ1n) is 6.65. The summed E-state index contributed by atoms with van der Waals surface area (Å²) in [7, 11) is 2.44. The molecule has 1 aromatic carbocycles. The maximum atomic E-state index is 11.7. The topological polar surface area (TPSA) is 108 Å². The van der Waals surface area contributed by atoms with Crippen LogP contribution in [0.3, 0.4) is 0 Å². The summed E-state index contributed by atoms with van der Waals surface area (Å²) in [5, 5.41) is 14.0. The lowest BCUT2D eigenvalue weighted by atomic mass is 10.1. The number of carbonyl (C=O) groups excluding carboxylic acids is 2. The molecular weight excluding hydrogens is 292 g/mol. The van der Waals surface area contributed by atoms with E-state index in [1.165, 1.54) is 26.4 Å².